The first-order chi connectivity index (χ1) is 10.2. The molecule has 1 amide bonds. The summed E-state index contributed by atoms with van der Waals surface area (Å²) in [7, 11) is 0. The molecule has 4 rings (SSSR count). The van der Waals surface area contributed by atoms with Gasteiger partial charge in [-0.2, -0.15) is 0 Å². The molecule has 0 aromatic heterocycles. The minimum absolute atomic E-state index is 0.00447. The zero-order chi connectivity index (χ0) is 14.6. The van der Waals surface area contributed by atoms with E-state index in [1.165, 1.54) is 0 Å². The Balaban J connectivity index is 1.89. The molecule has 0 unspecified atom stereocenters. The lowest BCUT2D eigenvalue weighted by atomic mass is 9.92. The first-order valence-corrected chi connectivity index (χ1v) is 7.73. The second kappa shape index (κ2) is 4.53. The van der Waals surface area contributed by atoms with Crippen LogP contribution in [-0.4, -0.2) is 11.7 Å². The molecule has 1 aromatic rings. The first-order valence-electron chi connectivity index (χ1n) is 6.93. The molecule has 0 saturated heterocycles. The van der Waals surface area contributed by atoms with Crippen molar-refractivity contribution in [3.8, 4) is 0 Å². The summed E-state index contributed by atoms with van der Waals surface area (Å²) in [6.07, 6.45) is 4.28. The van der Waals surface area contributed by atoms with Crippen LogP contribution in [0.1, 0.15) is 28.8 Å². The molecule has 3 aliphatic rings. The summed E-state index contributed by atoms with van der Waals surface area (Å²) in [5.74, 6) is -0.154. The Kier molecular flexibility index (Phi) is 2.76. The average molecular weight is 342 g/mol. The summed E-state index contributed by atoms with van der Waals surface area (Å²) < 4.78 is 0.913. The van der Waals surface area contributed by atoms with Crippen molar-refractivity contribution in [2.75, 3.05) is 0 Å². The third-order valence-electron chi connectivity index (χ3n) is 4.23. The molecule has 1 aliphatic heterocycles. The maximum atomic E-state index is 12.6. The van der Waals surface area contributed by atoms with Crippen molar-refractivity contribution in [3.05, 3.63) is 68.4 Å². The van der Waals surface area contributed by atoms with Gasteiger partial charge in [-0.15, -0.1) is 0 Å². The molecular formula is C17H12BrNO2. The maximum absolute atomic E-state index is 12.6. The molecule has 4 heteroatoms. The Morgan fingerprint density at radius 1 is 1.10 bits per heavy atom. The fraction of sp³-hybridized carbons (Fsp3) is 0.176. The number of carbonyl (C=O) groups excluding carboxylic acids is 2. The molecule has 21 heavy (non-hydrogen) atoms. The van der Waals surface area contributed by atoms with Gasteiger partial charge in [0.1, 0.15) is 0 Å². The fourth-order valence-electron chi connectivity index (χ4n) is 3.26. The van der Waals surface area contributed by atoms with Gasteiger partial charge in [0.05, 0.1) is 11.3 Å². The predicted octanol–water partition coefficient (Wildman–Crippen LogP) is 3.18. The van der Waals surface area contributed by atoms with E-state index in [1.807, 2.05) is 24.3 Å². The number of benzene rings is 1. The number of hydrogen-bond acceptors (Lipinski definition) is 2. The van der Waals surface area contributed by atoms with Crippen molar-refractivity contribution in [1.29, 1.82) is 0 Å². The Morgan fingerprint density at radius 3 is 2.71 bits per heavy atom. The highest BCUT2D eigenvalue weighted by Gasteiger charge is 2.37. The smallest absolute Gasteiger partial charge is 0.256 e. The van der Waals surface area contributed by atoms with Crippen LogP contribution in [0.5, 0.6) is 0 Å². The minimum Gasteiger partial charge on any atom is -0.321 e. The van der Waals surface area contributed by atoms with Gasteiger partial charge in [-0.05, 0) is 39.9 Å². The van der Waals surface area contributed by atoms with Gasteiger partial charge in [-0.3, -0.25) is 9.59 Å². The zero-order valence-electron chi connectivity index (χ0n) is 11.2. The molecule has 1 heterocycles. The van der Waals surface area contributed by atoms with Gasteiger partial charge in [-0.1, -0.05) is 30.3 Å². The standard InChI is InChI=1S/C17H12BrNO2/c18-13-7-3-6-11-14(17(21)19-15(11)13)12-8-9-4-1-2-5-10(9)16(12)20/h1-2,4-5,7H,3,6,8H2,(H,19,21)/b14-12+. The number of nitrogens with one attached hydrogen (secondary N) is 1. The van der Waals surface area contributed by atoms with Gasteiger partial charge in [0.2, 0.25) is 0 Å². The van der Waals surface area contributed by atoms with Gasteiger partial charge in [0, 0.05) is 22.0 Å². The highest BCUT2D eigenvalue weighted by molar-refractivity contribution is 9.12. The van der Waals surface area contributed by atoms with Crippen LogP contribution in [-0.2, 0) is 11.2 Å². The van der Waals surface area contributed by atoms with E-state index in [-0.39, 0.29) is 11.7 Å². The van der Waals surface area contributed by atoms with Gasteiger partial charge in [0.25, 0.3) is 5.91 Å². The van der Waals surface area contributed by atoms with Crippen LogP contribution in [0, 0.1) is 0 Å². The van der Waals surface area contributed by atoms with E-state index >= 15 is 0 Å². The molecule has 3 nitrogen and oxygen atoms in total. The van der Waals surface area contributed by atoms with E-state index in [2.05, 4.69) is 27.3 Å². The maximum Gasteiger partial charge on any atom is 0.256 e. The number of rotatable bonds is 0. The van der Waals surface area contributed by atoms with Crippen LogP contribution in [0.2, 0.25) is 0 Å². The normalized spacial score (nSPS) is 24.0. The predicted molar refractivity (Wildman–Crippen MR) is 82.9 cm³/mol. The number of fused-ring (bicyclic) bond motifs is 1. The molecule has 0 radical (unpaired) electrons. The van der Waals surface area contributed by atoms with Crippen molar-refractivity contribution in [2.24, 2.45) is 0 Å². The van der Waals surface area contributed by atoms with Gasteiger partial charge < -0.3 is 5.32 Å². The van der Waals surface area contributed by atoms with Crippen LogP contribution in [0.4, 0.5) is 0 Å². The molecule has 0 atom stereocenters. The minimum atomic E-state index is -0.150. The lowest BCUT2D eigenvalue weighted by molar-refractivity contribution is -0.116. The molecule has 0 bridgehead atoms. The number of amides is 1. The molecule has 0 saturated carbocycles. The molecule has 1 aromatic carbocycles. The van der Waals surface area contributed by atoms with E-state index < -0.39 is 0 Å². The number of allylic oxidation sites excluding steroid dienone is 3. The van der Waals surface area contributed by atoms with Crippen molar-refractivity contribution in [1.82, 2.24) is 5.32 Å². The largest absolute Gasteiger partial charge is 0.321 e. The van der Waals surface area contributed by atoms with Crippen molar-refractivity contribution in [2.45, 2.75) is 19.3 Å². The van der Waals surface area contributed by atoms with E-state index in [9.17, 15) is 9.59 Å². The van der Waals surface area contributed by atoms with Gasteiger partial charge in [-0.25, -0.2) is 0 Å². The second-order valence-corrected chi connectivity index (χ2v) is 6.27. The highest BCUT2D eigenvalue weighted by atomic mass is 79.9. The first kappa shape index (κ1) is 12.8. The fourth-order valence-corrected chi connectivity index (χ4v) is 3.83. The Morgan fingerprint density at radius 2 is 1.90 bits per heavy atom. The molecule has 1 N–H and O–H groups in total. The van der Waals surface area contributed by atoms with Gasteiger partial charge in [0.15, 0.2) is 5.78 Å². The molecule has 0 spiro atoms. The van der Waals surface area contributed by atoms with Gasteiger partial charge >= 0.3 is 0 Å². The zero-order valence-corrected chi connectivity index (χ0v) is 12.8. The molecular weight excluding hydrogens is 330 g/mol. The van der Waals surface area contributed by atoms with Crippen molar-refractivity contribution in [3.63, 3.8) is 0 Å². The number of hydrogen-bond donors (Lipinski definition) is 1. The number of halogens is 1. The van der Waals surface area contributed by atoms with Crippen LogP contribution < -0.4 is 5.32 Å². The van der Waals surface area contributed by atoms with Crippen LogP contribution in [0.25, 0.3) is 0 Å². The summed E-state index contributed by atoms with van der Waals surface area (Å²) in [6.45, 7) is 0. The highest BCUT2D eigenvalue weighted by Crippen LogP contribution is 2.40. The summed E-state index contributed by atoms with van der Waals surface area (Å²) in [4.78, 5) is 25.0. The van der Waals surface area contributed by atoms with E-state index in [4.69, 9.17) is 0 Å². The van der Waals surface area contributed by atoms with Crippen LogP contribution >= 0.6 is 15.9 Å². The van der Waals surface area contributed by atoms with E-state index in [0.29, 0.717) is 17.6 Å². The third kappa shape index (κ3) is 1.79. The number of Topliss-reactive ketones (excluding diaryl/α,β-unsaturated/α-hetero) is 1. The SMILES string of the molecule is O=C1NC2=C(CCC=C2Br)/C1=C1/Cc2ccccc2C1=O. The Labute approximate surface area is 130 Å². The Bertz CT molecular complexity index is 799. The third-order valence-corrected chi connectivity index (χ3v) is 4.95. The van der Waals surface area contributed by atoms with E-state index in [0.717, 1.165) is 39.7 Å². The van der Waals surface area contributed by atoms with Crippen molar-refractivity contribution >= 4 is 27.6 Å². The lowest BCUT2D eigenvalue weighted by Crippen LogP contribution is -2.18. The van der Waals surface area contributed by atoms with Crippen LogP contribution in [0.3, 0.4) is 0 Å². The number of ketones is 1. The van der Waals surface area contributed by atoms with E-state index in [1.54, 1.807) is 0 Å². The number of carbonyl (C=O) groups is 2. The van der Waals surface area contributed by atoms with Crippen molar-refractivity contribution < 1.29 is 9.59 Å². The summed E-state index contributed by atoms with van der Waals surface area (Å²) in [6, 6.07) is 7.59. The quantitative estimate of drug-likeness (QED) is 0.736. The topological polar surface area (TPSA) is 46.2 Å². The Hall–Kier alpha value is -1.94. The monoisotopic (exact) mass is 341 g/mol. The van der Waals surface area contributed by atoms with Crippen LogP contribution in [0.15, 0.2) is 57.2 Å². The lowest BCUT2D eigenvalue weighted by Gasteiger charge is -2.11. The average Bonchev–Trinajstić information content (AvgIpc) is 2.98. The summed E-state index contributed by atoms with van der Waals surface area (Å²) in [5.41, 5.74) is 4.78. The summed E-state index contributed by atoms with van der Waals surface area (Å²) in [5, 5.41) is 2.90. The second-order valence-electron chi connectivity index (χ2n) is 5.42. The molecule has 0 fully saturated rings. The molecule has 2 aliphatic carbocycles. The molecule has 104 valence electrons. The summed E-state index contributed by atoms with van der Waals surface area (Å²) >= 11 is 3.48.